The van der Waals surface area contributed by atoms with E-state index in [9.17, 15) is 15.0 Å². The fourth-order valence-corrected chi connectivity index (χ4v) is 1.03. The molecule has 1 heterocycles. The first-order valence-electron chi connectivity index (χ1n) is 4.16. The number of hydrogen-bond acceptors (Lipinski definition) is 5. The van der Waals surface area contributed by atoms with Gasteiger partial charge in [-0.1, -0.05) is 0 Å². The minimum atomic E-state index is -1.15. The van der Waals surface area contributed by atoms with Gasteiger partial charge in [0.05, 0.1) is 6.10 Å². The van der Waals surface area contributed by atoms with E-state index in [-0.39, 0.29) is 13.0 Å². The van der Waals surface area contributed by atoms with Gasteiger partial charge in [-0.25, -0.2) is 9.78 Å². The summed E-state index contributed by atoms with van der Waals surface area (Å²) in [6.45, 7) is -0.213. The molecule has 0 spiro atoms. The van der Waals surface area contributed by atoms with Crippen LogP contribution in [0.25, 0.3) is 0 Å². The second-order valence-electron chi connectivity index (χ2n) is 2.88. The van der Waals surface area contributed by atoms with Crippen molar-refractivity contribution >= 4 is 0 Å². The normalized spacial score (nSPS) is 15.1. The maximum atomic E-state index is 10.6. The van der Waals surface area contributed by atoms with Gasteiger partial charge in [0.15, 0.2) is 0 Å². The van der Waals surface area contributed by atoms with Crippen LogP contribution in [0.5, 0.6) is 0 Å². The quantitative estimate of drug-likeness (QED) is 0.475. The van der Waals surface area contributed by atoms with E-state index in [1.807, 2.05) is 0 Å². The van der Waals surface area contributed by atoms with Crippen LogP contribution in [0.1, 0.15) is 18.1 Å². The van der Waals surface area contributed by atoms with Crippen LogP contribution in [0.4, 0.5) is 0 Å². The standard InChI is InChI=1S/C8H12N2O4/c11-2-1-6(12)7(13)5-3-9-8(14)10-4-5/h3-4,6-7,11-13H,1-2H2,(H,9,10,14). The topological polar surface area (TPSA) is 106 Å². The van der Waals surface area contributed by atoms with Crippen molar-refractivity contribution in [1.82, 2.24) is 9.97 Å². The van der Waals surface area contributed by atoms with E-state index < -0.39 is 17.9 Å². The molecule has 2 atom stereocenters. The summed E-state index contributed by atoms with van der Waals surface area (Å²) in [5.74, 6) is 0. The molecule has 1 rings (SSSR count). The number of hydrogen-bond donors (Lipinski definition) is 4. The molecule has 1 aromatic heterocycles. The maximum Gasteiger partial charge on any atom is 0.344 e. The van der Waals surface area contributed by atoms with Crippen molar-refractivity contribution in [3.63, 3.8) is 0 Å². The summed E-state index contributed by atoms with van der Waals surface area (Å²) in [6.07, 6.45) is 0.324. The molecule has 0 fully saturated rings. The third-order valence-electron chi connectivity index (χ3n) is 1.82. The predicted octanol–water partition coefficient (Wildman–Crippen LogP) is -1.45. The Morgan fingerprint density at radius 1 is 1.50 bits per heavy atom. The molecular formula is C8H12N2O4. The Balaban J connectivity index is 2.73. The largest absolute Gasteiger partial charge is 0.396 e. The summed E-state index contributed by atoms with van der Waals surface area (Å²) in [4.78, 5) is 16.3. The number of H-pyrrole nitrogens is 1. The molecule has 0 saturated carbocycles. The Hall–Kier alpha value is -1.24. The first-order valence-corrected chi connectivity index (χ1v) is 4.16. The second kappa shape index (κ2) is 4.85. The van der Waals surface area contributed by atoms with Crippen molar-refractivity contribution in [1.29, 1.82) is 0 Å². The van der Waals surface area contributed by atoms with Crippen molar-refractivity contribution in [2.24, 2.45) is 0 Å². The van der Waals surface area contributed by atoms with Gasteiger partial charge in [-0.2, -0.15) is 0 Å². The van der Waals surface area contributed by atoms with Crippen LogP contribution in [-0.4, -0.2) is 38.0 Å². The van der Waals surface area contributed by atoms with Crippen molar-refractivity contribution in [2.75, 3.05) is 6.61 Å². The van der Waals surface area contributed by atoms with Crippen LogP contribution >= 0.6 is 0 Å². The third-order valence-corrected chi connectivity index (χ3v) is 1.82. The fraction of sp³-hybridized carbons (Fsp3) is 0.500. The molecule has 4 N–H and O–H groups in total. The van der Waals surface area contributed by atoms with Crippen molar-refractivity contribution in [3.8, 4) is 0 Å². The lowest BCUT2D eigenvalue weighted by molar-refractivity contribution is 0.00382. The molecule has 2 unspecified atom stereocenters. The van der Waals surface area contributed by atoms with E-state index >= 15 is 0 Å². The van der Waals surface area contributed by atoms with Crippen LogP contribution in [-0.2, 0) is 0 Å². The molecule has 0 saturated heterocycles. The maximum absolute atomic E-state index is 10.6. The number of aromatic nitrogens is 2. The molecule has 0 radical (unpaired) electrons. The number of aliphatic hydroxyl groups is 3. The Kier molecular flexibility index (Phi) is 3.75. The van der Waals surface area contributed by atoms with Gasteiger partial charge >= 0.3 is 5.69 Å². The summed E-state index contributed by atoms with van der Waals surface area (Å²) in [7, 11) is 0. The van der Waals surface area contributed by atoms with Gasteiger partial charge in [-0.3, -0.25) is 0 Å². The Morgan fingerprint density at radius 3 is 2.71 bits per heavy atom. The zero-order valence-electron chi connectivity index (χ0n) is 7.42. The van der Waals surface area contributed by atoms with E-state index in [0.717, 1.165) is 0 Å². The summed E-state index contributed by atoms with van der Waals surface area (Å²) < 4.78 is 0. The van der Waals surface area contributed by atoms with Gasteiger partial charge in [-0.15, -0.1) is 0 Å². The van der Waals surface area contributed by atoms with E-state index in [4.69, 9.17) is 5.11 Å². The lowest BCUT2D eigenvalue weighted by atomic mass is 10.1. The monoisotopic (exact) mass is 200 g/mol. The van der Waals surface area contributed by atoms with E-state index in [2.05, 4.69) is 9.97 Å². The van der Waals surface area contributed by atoms with Gasteiger partial charge in [-0.05, 0) is 6.42 Å². The fourth-order valence-electron chi connectivity index (χ4n) is 1.03. The van der Waals surface area contributed by atoms with Crippen LogP contribution in [0, 0.1) is 0 Å². The number of rotatable bonds is 4. The molecule has 0 amide bonds. The van der Waals surface area contributed by atoms with E-state index in [1.165, 1.54) is 12.4 Å². The molecule has 6 heteroatoms. The Morgan fingerprint density at radius 2 is 2.21 bits per heavy atom. The van der Waals surface area contributed by atoms with Gasteiger partial charge in [0.1, 0.15) is 6.10 Å². The van der Waals surface area contributed by atoms with Gasteiger partial charge in [0.2, 0.25) is 0 Å². The first-order chi connectivity index (χ1) is 6.65. The first kappa shape index (κ1) is 10.8. The third kappa shape index (κ3) is 2.63. The van der Waals surface area contributed by atoms with Crippen molar-refractivity contribution < 1.29 is 15.3 Å². The molecule has 1 aromatic rings. The molecule has 78 valence electrons. The molecule has 0 aliphatic rings. The smallest absolute Gasteiger partial charge is 0.344 e. The Bertz CT molecular complexity index is 318. The highest BCUT2D eigenvalue weighted by molar-refractivity contribution is 5.08. The second-order valence-corrected chi connectivity index (χ2v) is 2.88. The minimum absolute atomic E-state index is 0.0697. The van der Waals surface area contributed by atoms with E-state index in [1.54, 1.807) is 0 Å². The molecule has 0 aliphatic carbocycles. The molecule has 0 aliphatic heterocycles. The van der Waals surface area contributed by atoms with Crippen LogP contribution in [0.3, 0.4) is 0 Å². The summed E-state index contributed by atoms with van der Waals surface area (Å²) in [6, 6.07) is 0. The molecule has 14 heavy (non-hydrogen) atoms. The lowest BCUT2D eigenvalue weighted by Gasteiger charge is -2.15. The van der Waals surface area contributed by atoms with Crippen molar-refractivity contribution in [2.45, 2.75) is 18.6 Å². The predicted molar refractivity (Wildman–Crippen MR) is 47.5 cm³/mol. The minimum Gasteiger partial charge on any atom is -0.396 e. The Labute approximate surface area is 79.9 Å². The van der Waals surface area contributed by atoms with Gasteiger partial charge in [0, 0.05) is 24.6 Å². The number of aliphatic hydroxyl groups excluding tert-OH is 3. The van der Waals surface area contributed by atoms with Gasteiger partial charge in [0.25, 0.3) is 0 Å². The average Bonchev–Trinajstić information content (AvgIpc) is 2.18. The number of nitrogens with zero attached hydrogens (tertiary/aromatic N) is 1. The van der Waals surface area contributed by atoms with Crippen LogP contribution in [0.2, 0.25) is 0 Å². The summed E-state index contributed by atoms with van der Waals surface area (Å²) in [5.41, 5.74) is -0.205. The molecule has 6 nitrogen and oxygen atoms in total. The van der Waals surface area contributed by atoms with Crippen molar-refractivity contribution in [3.05, 3.63) is 28.4 Å². The average molecular weight is 200 g/mol. The SMILES string of the molecule is O=c1ncc(C(O)C(O)CCO)c[nH]1. The number of nitrogens with one attached hydrogen (secondary N) is 1. The van der Waals surface area contributed by atoms with Gasteiger partial charge < -0.3 is 20.3 Å². The lowest BCUT2D eigenvalue weighted by Crippen LogP contribution is -2.21. The highest BCUT2D eigenvalue weighted by atomic mass is 16.3. The van der Waals surface area contributed by atoms with Crippen LogP contribution < -0.4 is 5.69 Å². The highest BCUT2D eigenvalue weighted by Crippen LogP contribution is 2.15. The highest BCUT2D eigenvalue weighted by Gasteiger charge is 2.17. The molecular weight excluding hydrogens is 188 g/mol. The van der Waals surface area contributed by atoms with E-state index in [0.29, 0.717) is 5.56 Å². The number of aromatic amines is 1. The molecule has 0 bridgehead atoms. The summed E-state index contributed by atoms with van der Waals surface area (Å²) >= 11 is 0. The zero-order chi connectivity index (χ0) is 10.6. The van der Waals surface area contributed by atoms with Crippen LogP contribution in [0.15, 0.2) is 17.2 Å². The zero-order valence-corrected chi connectivity index (χ0v) is 7.42. The summed E-state index contributed by atoms with van der Waals surface area (Å²) in [5, 5.41) is 27.3. The molecule has 0 aromatic carbocycles.